The first-order chi connectivity index (χ1) is 32.9. The van der Waals surface area contributed by atoms with Crippen LogP contribution < -0.4 is 47.5 Å². The molecule has 2 aromatic rings. The Balaban J connectivity index is -0.0000000182. The zero-order valence-electron chi connectivity index (χ0n) is 50.4. The van der Waals surface area contributed by atoms with Crippen LogP contribution in [-0.4, -0.2) is 118 Å². The topological polar surface area (TPSA) is 421 Å². The highest BCUT2D eigenvalue weighted by atomic mass is 16.3. The maximum atomic E-state index is 10.7. The summed E-state index contributed by atoms with van der Waals surface area (Å²) in [7, 11) is 6.00. The van der Waals surface area contributed by atoms with Crippen LogP contribution in [-0.2, 0) is 56.0 Å². The second-order valence-electron chi connectivity index (χ2n) is 11.3. The van der Waals surface area contributed by atoms with E-state index in [4.69, 9.17) is 43.5 Å². The van der Waals surface area contributed by atoms with Crippen molar-refractivity contribution in [3.63, 3.8) is 0 Å². The van der Waals surface area contributed by atoms with E-state index in [1.165, 1.54) is 77.8 Å². The van der Waals surface area contributed by atoms with Gasteiger partial charge in [-0.1, -0.05) is 163 Å². The predicted octanol–water partition coefficient (Wildman–Crippen LogP) is 10.4. The Kier molecular flexibility index (Phi) is 412. The van der Waals surface area contributed by atoms with Gasteiger partial charge in [0.2, 0.25) is 5.91 Å². The predicted molar refractivity (Wildman–Crippen MR) is 324 cm³/mol. The van der Waals surface area contributed by atoms with Gasteiger partial charge in [0.05, 0.1) is 0 Å². The summed E-state index contributed by atoms with van der Waals surface area (Å²) >= 11 is 0. The zero-order valence-corrected chi connectivity index (χ0v) is 50.4. The first kappa shape index (κ1) is 138. The first-order valence-corrected chi connectivity index (χ1v) is 22.6. The normalized spacial score (nSPS) is 7.46. The minimum Gasteiger partial charge on any atom is -0.394 e. The summed E-state index contributed by atoms with van der Waals surface area (Å²) in [4.78, 5) is 76.6. The largest absolute Gasteiger partial charge is 0.394 e. The van der Waals surface area contributed by atoms with E-state index in [0.29, 0.717) is 0 Å². The molecule has 1 aliphatic rings. The van der Waals surface area contributed by atoms with Crippen LogP contribution >= 0.6 is 0 Å². The van der Waals surface area contributed by atoms with Crippen molar-refractivity contribution < 1.29 is 51.1 Å². The summed E-state index contributed by atoms with van der Waals surface area (Å²) in [6.07, 6.45) is 9.81. The molecule has 1 aliphatic heterocycles. The van der Waals surface area contributed by atoms with Gasteiger partial charge in [-0.3, -0.25) is 4.79 Å². The highest BCUT2D eigenvalue weighted by Gasteiger charge is 2.11. The van der Waals surface area contributed by atoms with Gasteiger partial charge in [-0.15, -0.1) is 0 Å². The fraction of sp³-hybridized carbons (Fsp3) is 0.604. The van der Waals surface area contributed by atoms with Gasteiger partial charge < -0.3 is 95.9 Å². The van der Waals surface area contributed by atoms with Crippen molar-refractivity contribution in [2.24, 2.45) is 34.8 Å². The summed E-state index contributed by atoms with van der Waals surface area (Å²) in [6.45, 7) is 48.7. The fourth-order valence-corrected chi connectivity index (χ4v) is 3.21. The number of hydrogen-bond donors (Lipinski definition) is 9. The lowest BCUT2D eigenvalue weighted by Crippen LogP contribution is -2.33. The molecule has 72 heavy (non-hydrogen) atoms. The lowest BCUT2D eigenvalue weighted by Gasteiger charge is -2.24. The quantitative estimate of drug-likeness (QED) is 0.134. The number of aliphatic hydroxyl groups excluding tert-OH is 1. The van der Waals surface area contributed by atoms with E-state index in [-0.39, 0.29) is 39.5 Å². The van der Waals surface area contributed by atoms with Gasteiger partial charge >= 0.3 is 0 Å². The lowest BCUT2D eigenvalue weighted by atomic mass is 10.1. The van der Waals surface area contributed by atoms with E-state index in [1.807, 2.05) is 99.0 Å². The Morgan fingerprint density at radius 2 is 0.681 bits per heavy atom. The van der Waals surface area contributed by atoms with Crippen molar-refractivity contribution in [2.75, 3.05) is 41.3 Å². The maximum Gasteiger partial charge on any atom is 0.219 e. The third-order valence-electron chi connectivity index (χ3n) is 5.99. The van der Waals surface area contributed by atoms with Crippen LogP contribution in [0.2, 0.25) is 0 Å². The monoisotopic (exact) mass is 1050 g/mol. The van der Waals surface area contributed by atoms with Crippen LogP contribution in [0.4, 0.5) is 0 Å². The first-order valence-electron chi connectivity index (χ1n) is 22.6. The van der Waals surface area contributed by atoms with E-state index >= 15 is 0 Å². The van der Waals surface area contributed by atoms with Gasteiger partial charge in [0, 0.05) is 29.0 Å². The molecule has 1 heterocycles. The molecular formula is C53H131N9O10. The molecule has 0 unspecified atom stereocenters. The van der Waals surface area contributed by atoms with E-state index in [9.17, 15) is 4.79 Å². The Hall–Kier alpha value is -5.09. The molecule has 1 fully saturated rings. The number of nitrogens with two attached hydrogens (primary N) is 4. The standard InChI is InChI=1S/2C8H10.C7H13NO.C6H14.C5H12.C3H8O.2C2H6.4CH5N.8CH2O.4H3N.2H2/c2*1-2-8-6-4-3-5-7-8;1-7(9)8-5-3-2-4-6-8;1-4-5-6(2)3;1-4-5(2)3;1-3(2)4;14*1-2;;;;;;/h2*3-7H,2H2,1H3;2-6H2,1H3;6H,4-5H2,1-3H3;5H,4H2,1-3H3;3-4H,1-2H3;2*1-2H3;4*2H2,1H3;8*1H2;4*1H3;2*1H. The van der Waals surface area contributed by atoms with Crippen molar-refractivity contribution in [1.82, 2.24) is 29.5 Å². The van der Waals surface area contributed by atoms with Gasteiger partial charge in [-0.2, -0.15) is 0 Å². The number of piperidine rings is 1. The Bertz CT molecular complexity index is 864. The molecule has 19 heteroatoms. The summed E-state index contributed by atoms with van der Waals surface area (Å²) in [5.74, 6) is 2.01. The third kappa shape index (κ3) is 260. The molecule has 0 bridgehead atoms. The minimum absolute atomic E-state index is 0. The van der Waals surface area contributed by atoms with Crippen LogP contribution in [0.3, 0.4) is 0 Å². The maximum absolute atomic E-state index is 10.7. The summed E-state index contributed by atoms with van der Waals surface area (Å²) < 4.78 is 0. The Labute approximate surface area is 448 Å². The summed E-state index contributed by atoms with van der Waals surface area (Å²) in [5.41, 5.74) is 20.8. The summed E-state index contributed by atoms with van der Waals surface area (Å²) in [6, 6.07) is 20.9. The molecule has 21 N–H and O–H groups in total. The fourth-order valence-electron chi connectivity index (χ4n) is 3.21. The van der Waals surface area contributed by atoms with E-state index in [0.717, 1.165) is 37.8 Å². The number of hydrogen-bond acceptors (Lipinski definition) is 18. The van der Waals surface area contributed by atoms with Gasteiger partial charge in [0.15, 0.2) is 0 Å². The minimum atomic E-state index is -0.167. The zero-order chi connectivity index (χ0) is 59.2. The molecule has 1 saturated heterocycles. The lowest BCUT2D eigenvalue weighted by molar-refractivity contribution is -0.129. The number of carbonyl (C=O) groups excluding carboxylic acids is 9. The number of nitrogens with zero attached hydrogens (tertiary/aromatic N) is 1. The Morgan fingerprint density at radius 1 is 0.486 bits per heavy atom. The van der Waals surface area contributed by atoms with Crippen LogP contribution in [0.25, 0.3) is 0 Å². The molecule has 19 nitrogen and oxygen atoms in total. The number of amides is 1. The number of rotatable bonds is 5. The van der Waals surface area contributed by atoms with Crippen LogP contribution in [0.15, 0.2) is 60.7 Å². The van der Waals surface area contributed by atoms with Crippen molar-refractivity contribution in [3.8, 4) is 0 Å². The van der Waals surface area contributed by atoms with Gasteiger partial charge in [0.25, 0.3) is 0 Å². The molecular weight excluding hydrogens is 923 g/mol. The smallest absolute Gasteiger partial charge is 0.219 e. The average molecular weight is 1050 g/mol. The highest BCUT2D eigenvalue weighted by molar-refractivity contribution is 5.73. The van der Waals surface area contributed by atoms with Crippen LogP contribution in [0, 0.1) is 11.8 Å². The number of aliphatic hydroxyl groups is 1. The molecule has 0 aromatic heterocycles. The van der Waals surface area contributed by atoms with E-state index in [2.05, 4.69) is 127 Å². The SMILES string of the molecule is C=O.C=O.C=O.C=O.C=O.C=O.C=O.C=O.CC.CC.CC(=O)N1CCCCC1.CC(C)O.CCC(C)C.CCCC(C)C.CCc1ccccc1.CCc1ccccc1.CN.CN.CN.CN.N.N.N.N.[HH].[HH]. The van der Waals surface area contributed by atoms with Gasteiger partial charge in [-0.05, 0) is 97.1 Å². The molecule has 0 saturated carbocycles. The third-order valence-corrected chi connectivity index (χ3v) is 5.99. The molecule has 0 aliphatic carbocycles. The van der Waals surface area contributed by atoms with Crippen LogP contribution in [0.1, 0.15) is 156 Å². The second kappa shape index (κ2) is 215. The molecule has 448 valence electrons. The molecule has 0 radical (unpaired) electrons. The van der Waals surface area contributed by atoms with Crippen molar-refractivity contribution in [2.45, 2.75) is 161 Å². The number of carbonyl (C=O) groups is 9. The molecule has 2 aromatic carbocycles. The summed E-state index contributed by atoms with van der Waals surface area (Å²) in [5, 5.41) is 8.06. The molecule has 0 atom stereocenters. The van der Waals surface area contributed by atoms with Crippen molar-refractivity contribution in [3.05, 3.63) is 71.8 Å². The number of benzene rings is 2. The molecule has 3 rings (SSSR count). The number of likely N-dealkylation sites (tertiary alicyclic amines) is 1. The van der Waals surface area contributed by atoms with Gasteiger partial charge in [0.1, 0.15) is 54.3 Å². The second-order valence-corrected chi connectivity index (χ2v) is 11.3. The Morgan fingerprint density at radius 3 is 0.764 bits per heavy atom. The van der Waals surface area contributed by atoms with E-state index in [1.54, 1.807) is 20.8 Å². The molecule has 1 amide bonds. The van der Waals surface area contributed by atoms with E-state index < -0.39 is 0 Å². The van der Waals surface area contributed by atoms with Crippen molar-refractivity contribution in [1.29, 1.82) is 0 Å². The highest BCUT2D eigenvalue weighted by Crippen LogP contribution is 2.07. The molecule has 0 spiro atoms. The van der Waals surface area contributed by atoms with Gasteiger partial charge in [-0.25, -0.2) is 0 Å². The van der Waals surface area contributed by atoms with Crippen molar-refractivity contribution >= 4 is 60.2 Å². The average Bonchev–Trinajstić information content (AvgIpc) is 3.45. The number of aryl methyl sites for hydroxylation is 2. The van der Waals surface area contributed by atoms with Crippen LogP contribution in [0.5, 0.6) is 0 Å².